The van der Waals surface area contributed by atoms with Crippen LogP contribution in [0, 0.1) is 0 Å². The van der Waals surface area contributed by atoms with Crippen molar-refractivity contribution >= 4 is 5.69 Å². The van der Waals surface area contributed by atoms with Gasteiger partial charge in [-0.15, -0.1) is 0 Å². The molecule has 5 nitrogen and oxygen atoms in total. The highest BCUT2D eigenvalue weighted by Crippen LogP contribution is 2.31. The number of nitrogens with two attached hydrogens (primary N) is 1. The molecule has 20 heavy (non-hydrogen) atoms. The molecule has 0 aliphatic carbocycles. The van der Waals surface area contributed by atoms with Gasteiger partial charge in [0.15, 0.2) is 11.5 Å². The van der Waals surface area contributed by atoms with Crippen LogP contribution < -0.4 is 20.1 Å². The van der Waals surface area contributed by atoms with Crippen LogP contribution in [0.4, 0.5) is 5.69 Å². The average molecular weight is 279 g/mol. The molecule has 0 amide bonds. The lowest BCUT2D eigenvalue weighted by Gasteiger charge is -2.36. The lowest BCUT2D eigenvalue weighted by Crippen LogP contribution is -2.46. The maximum Gasteiger partial charge on any atom is 0.162 e. The summed E-state index contributed by atoms with van der Waals surface area (Å²) in [5.74, 6) is 1.56. The third kappa shape index (κ3) is 3.55. The van der Waals surface area contributed by atoms with Crippen LogP contribution in [0.2, 0.25) is 0 Å². The van der Waals surface area contributed by atoms with Crippen molar-refractivity contribution in [3.63, 3.8) is 0 Å². The number of ether oxygens (including phenoxy) is 2. The SMILES string of the molecule is COc1ccc(N2CCN(CCCN)CC2)cc1OC. The van der Waals surface area contributed by atoms with E-state index in [1.807, 2.05) is 12.1 Å². The van der Waals surface area contributed by atoms with Gasteiger partial charge in [-0.05, 0) is 31.6 Å². The van der Waals surface area contributed by atoms with Gasteiger partial charge in [-0.1, -0.05) is 0 Å². The Morgan fingerprint density at radius 1 is 1.05 bits per heavy atom. The lowest BCUT2D eigenvalue weighted by molar-refractivity contribution is 0.256. The molecule has 1 aromatic rings. The third-order valence-electron chi connectivity index (χ3n) is 3.78. The second-order valence-electron chi connectivity index (χ2n) is 5.01. The summed E-state index contributed by atoms with van der Waals surface area (Å²) >= 11 is 0. The summed E-state index contributed by atoms with van der Waals surface area (Å²) in [6, 6.07) is 6.11. The van der Waals surface area contributed by atoms with E-state index in [2.05, 4.69) is 15.9 Å². The summed E-state index contributed by atoms with van der Waals surface area (Å²) < 4.78 is 10.6. The Labute approximate surface area is 121 Å². The van der Waals surface area contributed by atoms with E-state index in [4.69, 9.17) is 15.2 Å². The molecular formula is C15H25N3O2. The molecule has 1 saturated heterocycles. The Morgan fingerprint density at radius 3 is 2.35 bits per heavy atom. The minimum atomic E-state index is 0.774. The molecule has 0 bridgehead atoms. The predicted octanol–water partition coefficient (Wildman–Crippen LogP) is 1.17. The number of nitrogens with zero attached hydrogens (tertiary/aromatic N) is 2. The molecule has 1 aliphatic rings. The number of anilines is 1. The van der Waals surface area contributed by atoms with Crippen molar-refractivity contribution in [3.8, 4) is 11.5 Å². The molecule has 112 valence electrons. The summed E-state index contributed by atoms with van der Waals surface area (Å²) in [6.45, 7) is 6.15. The van der Waals surface area contributed by atoms with Crippen LogP contribution in [0.5, 0.6) is 11.5 Å². The van der Waals surface area contributed by atoms with Gasteiger partial charge in [-0.25, -0.2) is 0 Å². The van der Waals surface area contributed by atoms with Gasteiger partial charge in [0, 0.05) is 37.9 Å². The first-order valence-electron chi connectivity index (χ1n) is 7.18. The van der Waals surface area contributed by atoms with Crippen LogP contribution in [-0.2, 0) is 0 Å². The summed E-state index contributed by atoms with van der Waals surface area (Å²) in [5, 5.41) is 0. The van der Waals surface area contributed by atoms with Gasteiger partial charge >= 0.3 is 0 Å². The van der Waals surface area contributed by atoms with Crippen LogP contribution in [0.1, 0.15) is 6.42 Å². The molecule has 2 N–H and O–H groups in total. The van der Waals surface area contributed by atoms with E-state index in [0.29, 0.717) is 0 Å². The first kappa shape index (κ1) is 14.9. The Bertz CT molecular complexity index is 418. The standard InChI is InChI=1S/C15H25N3O2/c1-19-14-5-4-13(12-15(14)20-2)18-10-8-17(9-11-18)7-3-6-16/h4-5,12H,3,6-11,16H2,1-2H3. The zero-order valence-electron chi connectivity index (χ0n) is 12.5. The quantitative estimate of drug-likeness (QED) is 0.847. The van der Waals surface area contributed by atoms with Crippen LogP contribution in [0.15, 0.2) is 18.2 Å². The van der Waals surface area contributed by atoms with Crippen molar-refractivity contribution in [3.05, 3.63) is 18.2 Å². The molecule has 1 heterocycles. The van der Waals surface area contributed by atoms with Gasteiger partial charge in [0.25, 0.3) is 0 Å². The van der Waals surface area contributed by atoms with E-state index >= 15 is 0 Å². The van der Waals surface area contributed by atoms with Crippen molar-refractivity contribution in [2.45, 2.75) is 6.42 Å². The monoisotopic (exact) mass is 279 g/mol. The molecule has 1 fully saturated rings. The fourth-order valence-corrected chi connectivity index (χ4v) is 2.57. The number of hydrogen-bond donors (Lipinski definition) is 1. The van der Waals surface area contributed by atoms with E-state index in [-0.39, 0.29) is 0 Å². The second-order valence-corrected chi connectivity index (χ2v) is 5.01. The molecule has 2 rings (SSSR count). The Hall–Kier alpha value is -1.46. The number of benzene rings is 1. The molecule has 0 saturated carbocycles. The van der Waals surface area contributed by atoms with Gasteiger partial charge in [-0.2, -0.15) is 0 Å². The number of methoxy groups -OCH3 is 2. The molecule has 0 aromatic heterocycles. The van der Waals surface area contributed by atoms with Crippen molar-refractivity contribution in [2.24, 2.45) is 5.73 Å². The smallest absolute Gasteiger partial charge is 0.162 e. The van der Waals surface area contributed by atoms with Gasteiger partial charge < -0.3 is 20.1 Å². The van der Waals surface area contributed by atoms with Gasteiger partial charge in [-0.3, -0.25) is 4.90 Å². The number of hydrogen-bond acceptors (Lipinski definition) is 5. The topological polar surface area (TPSA) is 51.0 Å². The maximum absolute atomic E-state index is 5.56. The summed E-state index contributed by atoms with van der Waals surface area (Å²) in [7, 11) is 3.33. The molecular weight excluding hydrogens is 254 g/mol. The van der Waals surface area contributed by atoms with E-state index in [0.717, 1.165) is 57.2 Å². The molecule has 1 aromatic carbocycles. The fourth-order valence-electron chi connectivity index (χ4n) is 2.57. The molecule has 0 spiro atoms. The molecule has 5 heteroatoms. The predicted molar refractivity (Wildman–Crippen MR) is 81.9 cm³/mol. The molecule has 0 radical (unpaired) electrons. The Balaban J connectivity index is 1.96. The van der Waals surface area contributed by atoms with Crippen LogP contribution in [0.25, 0.3) is 0 Å². The Morgan fingerprint density at radius 2 is 1.75 bits per heavy atom. The molecule has 1 aliphatic heterocycles. The normalized spacial score (nSPS) is 16.2. The van der Waals surface area contributed by atoms with Crippen LogP contribution in [-0.4, -0.2) is 58.4 Å². The minimum absolute atomic E-state index is 0.774. The third-order valence-corrected chi connectivity index (χ3v) is 3.78. The van der Waals surface area contributed by atoms with E-state index in [1.54, 1.807) is 14.2 Å². The van der Waals surface area contributed by atoms with E-state index in [1.165, 1.54) is 5.69 Å². The highest BCUT2D eigenvalue weighted by molar-refractivity contribution is 5.56. The fraction of sp³-hybridized carbons (Fsp3) is 0.600. The van der Waals surface area contributed by atoms with Crippen molar-refractivity contribution < 1.29 is 9.47 Å². The number of rotatable bonds is 6. The van der Waals surface area contributed by atoms with Crippen molar-refractivity contribution in [1.29, 1.82) is 0 Å². The highest BCUT2D eigenvalue weighted by atomic mass is 16.5. The zero-order chi connectivity index (χ0) is 14.4. The number of piperazine rings is 1. The second kappa shape index (κ2) is 7.36. The minimum Gasteiger partial charge on any atom is -0.493 e. The summed E-state index contributed by atoms with van der Waals surface area (Å²) in [5.41, 5.74) is 6.76. The maximum atomic E-state index is 5.56. The highest BCUT2D eigenvalue weighted by Gasteiger charge is 2.17. The van der Waals surface area contributed by atoms with Crippen LogP contribution in [0.3, 0.4) is 0 Å². The molecule has 0 unspecified atom stereocenters. The first-order valence-corrected chi connectivity index (χ1v) is 7.18. The Kier molecular flexibility index (Phi) is 5.49. The summed E-state index contributed by atoms with van der Waals surface area (Å²) in [6.07, 6.45) is 1.08. The van der Waals surface area contributed by atoms with Gasteiger partial charge in [0.1, 0.15) is 0 Å². The van der Waals surface area contributed by atoms with Gasteiger partial charge in [0.05, 0.1) is 14.2 Å². The zero-order valence-corrected chi connectivity index (χ0v) is 12.5. The van der Waals surface area contributed by atoms with E-state index < -0.39 is 0 Å². The average Bonchev–Trinajstić information content (AvgIpc) is 2.52. The lowest BCUT2D eigenvalue weighted by atomic mass is 10.2. The van der Waals surface area contributed by atoms with E-state index in [9.17, 15) is 0 Å². The largest absolute Gasteiger partial charge is 0.493 e. The van der Waals surface area contributed by atoms with Crippen molar-refractivity contribution in [1.82, 2.24) is 4.90 Å². The summed E-state index contributed by atoms with van der Waals surface area (Å²) in [4.78, 5) is 4.87. The van der Waals surface area contributed by atoms with Crippen LogP contribution >= 0.6 is 0 Å². The molecule has 0 atom stereocenters. The first-order chi connectivity index (χ1) is 9.78. The van der Waals surface area contributed by atoms with Gasteiger partial charge in [0.2, 0.25) is 0 Å². The van der Waals surface area contributed by atoms with Crippen molar-refractivity contribution in [2.75, 3.05) is 58.4 Å².